The number of para-hydroxylation sites is 1. The number of hydrogen-bond donors (Lipinski definition) is 2. The molecule has 1 atom stereocenters. The Morgan fingerprint density at radius 1 is 1.12 bits per heavy atom. The lowest BCUT2D eigenvalue weighted by atomic mass is 9.79. The summed E-state index contributed by atoms with van der Waals surface area (Å²) in [6.45, 7) is 12.7. The normalized spacial score (nSPS) is 14.1. The fourth-order valence-corrected chi connectivity index (χ4v) is 2.95. The molecule has 2 rings (SSSR count). The molecule has 0 amide bonds. The number of H-pyrrole nitrogens is 1. The van der Waals surface area contributed by atoms with Gasteiger partial charge in [0.1, 0.15) is 0 Å². The number of benzene rings is 1. The highest BCUT2D eigenvalue weighted by Gasteiger charge is 2.35. The molecule has 1 aromatic heterocycles. The summed E-state index contributed by atoms with van der Waals surface area (Å²) in [5.74, 6) is 0.303. The number of carbonyl (C=O) groups excluding carboxylic acids is 1. The molecule has 0 fully saturated rings. The first-order valence-electron chi connectivity index (χ1n) is 9.07. The van der Waals surface area contributed by atoms with Gasteiger partial charge < -0.3 is 10.3 Å². The molecule has 1 heterocycles. The number of Topliss-reactive ketones (excluding diaryl/α,β-unsaturated/α-hetero) is 1. The Bertz CT molecular complexity index is 697. The quantitative estimate of drug-likeness (QED) is 0.726. The highest BCUT2D eigenvalue weighted by atomic mass is 16.1. The minimum Gasteiger partial charge on any atom is -0.361 e. The van der Waals surface area contributed by atoms with E-state index < -0.39 is 0 Å². The molecule has 1 unspecified atom stereocenters. The number of carbonyl (C=O) groups is 1. The van der Waals surface area contributed by atoms with Crippen LogP contribution in [-0.4, -0.2) is 22.3 Å². The summed E-state index contributed by atoms with van der Waals surface area (Å²) in [6.07, 6.45) is 4.60. The Hall–Kier alpha value is -1.61. The zero-order chi connectivity index (χ0) is 18.0. The Morgan fingerprint density at radius 3 is 2.42 bits per heavy atom. The number of aromatic nitrogens is 1. The van der Waals surface area contributed by atoms with Gasteiger partial charge in [0.05, 0.1) is 6.04 Å². The van der Waals surface area contributed by atoms with Gasteiger partial charge in [0.25, 0.3) is 0 Å². The third-order valence-electron chi connectivity index (χ3n) is 5.42. The predicted molar refractivity (Wildman–Crippen MR) is 102 cm³/mol. The van der Waals surface area contributed by atoms with Crippen molar-refractivity contribution >= 4 is 16.7 Å². The van der Waals surface area contributed by atoms with Crippen LogP contribution in [0.4, 0.5) is 0 Å². The SMILES string of the molecule is CCC(C)(C)NC(Cc1c[nH]c2ccccc12)C(=O)C(C)(C)CC. The summed E-state index contributed by atoms with van der Waals surface area (Å²) in [5.41, 5.74) is 1.96. The molecule has 1 aromatic carbocycles. The third kappa shape index (κ3) is 4.07. The molecule has 0 aliphatic rings. The summed E-state index contributed by atoms with van der Waals surface area (Å²) >= 11 is 0. The first-order valence-corrected chi connectivity index (χ1v) is 9.07. The van der Waals surface area contributed by atoms with E-state index in [0.29, 0.717) is 5.78 Å². The van der Waals surface area contributed by atoms with Crippen molar-refractivity contribution in [1.82, 2.24) is 10.3 Å². The lowest BCUT2D eigenvalue weighted by molar-refractivity contribution is -0.130. The van der Waals surface area contributed by atoms with Crippen molar-refractivity contribution in [3.05, 3.63) is 36.0 Å². The molecule has 0 saturated carbocycles. The maximum absolute atomic E-state index is 13.2. The van der Waals surface area contributed by atoms with Gasteiger partial charge in [-0.25, -0.2) is 0 Å². The topological polar surface area (TPSA) is 44.9 Å². The molecule has 0 bridgehead atoms. The van der Waals surface area contributed by atoms with Crippen molar-refractivity contribution < 1.29 is 4.79 Å². The molecule has 0 saturated heterocycles. The summed E-state index contributed by atoms with van der Waals surface area (Å²) in [5, 5.41) is 4.83. The number of fused-ring (bicyclic) bond motifs is 1. The molecule has 24 heavy (non-hydrogen) atoms. The van der Waals surface area contributed by atoms with Crippen LogP contribution in [0, 0.1) is 5.41 Å². The van der Waals surface area contributed by atoms with E-state index in [9.17, 15) is 4.79 Å². The minimum atomic E-state index is -0.312. The van der Waals surface area contributed by atoms with Gasteiger partial charge in [0, 0.05) is 28.1 Å². The van der Waals surface area contributed by atoms with Crippen LogP contribution < -0.4 is 5.32 Å². The van der Waals surface area contributed by atoms with Crippen molar-refractivity contribution in [1.29, 1.82) is 0 Å². The van der Waals surface area contributed by atoms with Crippen LogP contribution in [0.5, 0.6) is 0 Å². The Morgan fingerprint density at radius 2 is 1.79 bits per heavy atom. The van der Waals surface area contributed by atoms with Gasteiger partial charge in [-0.2, -0.15) is 0 Å². The maximum Gasteiger partial charge on any atom is 0.155 e. The molecular weight excluding hydrogens is 296 g/mol. The van der Waals surface area contributed by atoms with Gasteiger partial charge >= 0.3 is 0 Å². The third-order valence-corrected chi connectivity index (χ3v) is 5.42. The van der Waals surface area contributed by atoms with Gasteiger partial charge in [-0.3, -0.25) is 4.79 Å². The van der Waals surface area contributed by atoms with Crippen molar-refractivity contribution in [3.8, 4) is 0 Å². The van der Waals surface area contributed by atoms with E-state index in [1.54, 1.807) is 0 Å². The predicted octanol–water partition coefficient (Wildman–Crippen LogP) is 4.86. The van der Waals surface area contributed by atoms with E-state index in [1.165, 1.54) is 10.9 Å². The summed E-state index contributed by atoms with van der Waals surface area (Å²) in [4.78, 5) is 16.5. The summed E-state index contributed by atoms with van der Waals surface area (Å²) in [7, 11) is 0. The van der Waals surface area contributed by atoms with E-state index in [-0.39, 0.29) is 17.0 Å². The van der Waals surface area contributed by atoms with Crippen LogP contribution in [0.1, 0.15) is 59.9 Å². The van der Waals surface area contributed by atoms with Gasteiger partial charge in [0.2, 0.25) is 0 Å². The van der Waals surface area contributed by atoms with Crippen LogP contribution in [0.15, 0.2) is 30.5 Å². The van der Waals surface area contributed by atoms with Crippen LogP contribution >= 0.6 is 0 Å². The van der Waals surface area contributed by atoms with Gasteiger partial charge in [-0.15, -0.1) is 0 Å². The molecule has 132 valence electrons. The van der Waals surface area contributed by atoms with E-state index >= 15 is 0 Å². The Balaban J connectivity index is 2.33. The van der Waals surface area contributed by atoms with E-state index in [1.807, 2.05) is 12.3 Å². The second-order valence-corrected chi connectivity index (χ2v) is 8.10. The second-order valence-electron chi connectivity index (χ2n) is 8.10. The lowest BCUT2D eigenvalue weighted by Crippen LogP contribution is -2.53. The fraction of sp³-hybridized carbons (Fsp3) is 0.571. The molecule has 3 heteroatoms. The van der Waals surface area contributed by atoms with Crippen LogP contribution in [0.2, 0.25) is 0 Å². The second kappa shape index (κ2) is 7.10. The lowest BCUT2D eigenvalue weighted by Gasteiger charge is -2.34. The summed E-state index contributed by atoms with van der Waals surface area (Å²) < 4.78 is 0. The van der Waals surface area contributed by atoms with Crippen molar-refractivity contribution in [2.75, 3.05) is 0 Å². The smallest absolute Gasteiger partial charge is 0.155 e. The molecule has 2 aromatic rings. The first kappa shape index (κ1) is 18.7. The van der Waals surface area contributed by atoms with E-state index in [2.05, 4.69) is 70.0 Å². The summed E-state index contributed by atoms with van der Waals surface area (Å²) in [6, 6.07) is 8.11. The maximum atomic E-state index is 13.2. The van der Waals surface area contributed by atoms with Crippen LogP contribution in [0.3, 0.4) is 0 Å². The molecule has 2 N–H and O–H groups in total. The van der Waals surface area contributed by atoms with Crippen molar-refractivity contribution in [2.45, 2.75) is 72.4 Å². The number of nitrogens with one attached hydrogen (secondary N) is 2. The molecule has 0 aliphatic heterocycles. The molecule has 0 aliphatic carbocycles. The number of rotatable bonds is 8. The van der Waals surface area contributed by atoms with Crippen molar-refractivity contribution in [2.24, 2.45) is 5.41 Å². The van der Waals surface area contributed by atoms with E-state index in [0.717, 1.165) is 24.8 Å². The largest absolute Gasteiger partial charge is 0.361 e. The number of ketones is 1. The van der Waals surface area contributed by atoms with Gasteiger partial charge in [-0.1, -0.05) is 45.9 Å². The molecule has 0 radical (unpaired) electrons. The molecular formula is C21H32N2O. The zero-order valence-electron chi connectivity index (χ0n) is 16.0. The monoisotopic (exact) mass is 328 g/mol. The van der Waals surface area contributed by atoms with Gasteiger partial charge in [0.15, 0.2) is 5.78 Å². The Labute approximate surface area is 146 Å². The van der Waals surface area contributed by atoms with Crippen LogP contribution in [-0.2, 0) is 11.2 Å². The highest BCUT2D eigenvalue weighted by molar-refractivity contribution is 5.90. The number of hydrogen-bond acceptors (Lipinski definition) is 2. The standard InChI is InChI=1S/C21H32N2O/c1-7-20(3,4)19(24)18(23-21(5,6)8-2)13-15-14-22-17-12-10-9-11-16(15)17/h9-12,14,18,22-23H,7-8,13H2,1-6H3. The molecule has 3 nitrogen and oxygen atoms in total. The van der Waals surface area contributed by atoms with Gasteiger partial charge in [-0.05, 0) is 44.7 Å². The molecule has 0 spiro atoms. The number of aromatic amines is 1. The van der Waals surface area contributed by atoms with Crippen molar-refractivity contribution in [3.63, 3.8) is 0 Å². The zero-order valence-corrected chi connectivity index (χ0v) is 16.0. The Kier molecular flexibility index (Phi) is 5.54. The van der Waals surface area contributed by atoms with E-state index in [4.69, 9.17) is 0 Å². The fourth-order valence-electron chi connectivity index (χ4n) is 2.95. The first-order chi connectivity index (χ1) is 11.2. The average molecular weight is 329 g/mol. The highest BCUT2D eigenvalue weighted by Crippen LogP contribution is 2.27. The average Bonchev–Trinajstić information content (AvgIpc) is 2.96. The minimum absolute atomic E-state index is 0.0593. The van der Waals surface area contributed by atoms with Crippen LogP contribution in [0.25, 0.3) is 10.9 Å².